The molecule has 2 N–H and O–H groups in total. The van der Waals surface area contributed by atoms with Gasteiger partial charge in [0.15, 0.2) is 0 Å². The molecule has 1 atom stereocenters. The summed E-state index contributed by atoms with van der Waals surface area (Å²) in [5.41, 5.74) is 2.47. The molecule has 0 amide bonds. The van der Waals surface area contributed by atoms with Gasteiger partial charge in [0.25, 0.3) is 0 Å². The van der Waals surface area contributed by atoms with Crippen molar-refractivity contribution in [2.24, 2.45) is 0 Å². The highest BCUT2D eigenvalue weighted by atomic mass is 16.4. The topological polar surface area (TPSA) is 49.3 Å². The minimum Gasteiger partial charge on any atom is -0.478 e. The van der Waals surface area contributed by atoms with Crippen LogP contribution in [-0.4, -0.2) is 11.1 Å². The smallest absolute Gasteiger partial charge is 0.336 e. The number of unbranched alkanes of at least 4 members (excludes halogenated alkanes) is 1. The van der Waals surface area contributed by atoms with Crippen molar-refractivity contribution in [3.8, 4) is 0 Å². The lowest BCUT2D eigenvalue weighted by Crippen LogP contribution is -2.23. The zero-order chi connectivity index (χ0) is 15.8. The van der Waals surface area contributed by atoms with E-state index < -0.39 is 5.97 Å². The van der Waals surface area contributed by atoms with Gasteiger partial charge >= 0.3 is 5.97 Å². The second-order valence-electron chi connectivity index (χ2n) is 5.45. The summed E-state index contributed by atoms with van der Waals surface area (Å²) in [4.78, 5) is 11.4. The van der Waals surface area contributed by atoms with Crippen molar-refractivity contribution in [3.05, 3.63) is 71.3 Å². The minimum atomic E-state index is -0.862. The number of rotatable bonds is 8. The van der Waals surface area contributed by atoms with E-state index in [0.717, 1.165) is 31.4 Å². The maximum absolute atomic E-state index is 11.4. The van der Waals surface area contributed by atoms with Crippen LogP contribution in [0.1, 0.15) is 53.7 Å². The molecule has 0 fully saturated rings. The quantitative estimate of drug-likeness (QED) is 0.759. The number of hydrogen-bond acceptors (Lipinski definition) is 2. The van der Waals surface area contributed by atoms with E-state index in [4.69, 9.17) is 0 Å². The summed E-state index contributed by atoms with van der Waals surface area (Å²) in [6.07, 6.45) is 3.10. The lowest BCUT2D eigenvalue weighted by atomic mass is 9.96. The lowest BCUT2D eigenvalue weighted by molar-refractivity contribution is 0.0694. The van der Waals surface area contributed by atoms with Crippen LogP contribution < -0.4 is 5.32 Å². The molecule has 2 aromatic carbocycles. The zero-order valence-electron chi connectivity index (χ0n) is 13.0. The molecule has 0 aliphatic heterocycles. The fourth-order valence-corrected chi connectivity index (χ4v) is 2.61. The van der Waals surface area contributed by atoms with Gasteiger partial charge in [-0.25, -0.2) is 4.79 Å². The molecule has 0 saturated heterocycles. The number of carboxylic acids is 1. The molecule has 0 bridgehead atoms. The summed E-state index contributed by atoms with van der Waals surface area (Å²) in [5, 5.41) is 12.9. The van der Waals surface area contributed by atoms with E-state index in [1.165, 1.54) is 5.56 Å². The first kappa shape index (κ1) is 16.2. The molecule has 2 rings (SSSR count). The van der Waals surface area contributed by atoms with Crippen molar-refractivity contribution < 1.29 is 9.90 Å². The van der Waals surface area contributed by atoms with Crippen molar-refractivity contribution in [1.29, 1.82) is 0 Å². The van der Waals surface area contributed by atoms with Crippen LogP contribution in [0.25, 0.3) is 0 Å². The highest BCUT2D eigenvalue weighted by Gasteiger charge is 2.17. The highest BCUT2D eigenvalue weighted by Crippen LogP contribution is 2.24. The molecule has 0 radical (unpaired) electrons. The predicted octanol–water partition coefficient (Wildman–Crippen LogP) is 4.41. The average molecular weight is 297 g/mol. The largest absolute Gasteiger partial charge is 0.478 e. The fraction of sp³-hybridized carbons (Fsp3) is 0.316. The Hall–Kier alpha value is -2.13. The first-order chi connectivity index (χ1) is 10.7. The van der Waals surface area contributed by atoms with Gasteiger partial charge in [-0.05, 0) is 23.6 Å². The molecule has 0 saturated carbocycles. The highest BCUT2D eigenvalue weighted by molar-refractivity contribution is 5.89. The number of nitrogens with one attached hydrogen (secondary N) is 1. The number of hydrogen-bond donors (Lipinski definition) is 2. The van der Waals surface area contributed by atoms with Crippen LogP contribution in [0.5, 0.6) is 0 Å². The molecule has 0 spiro atoms. The van der Waals surface area contributed by atoms with Crippen molar-refractivity contribution >= 4 is 5.97 Å². The van der Waals surface area contributed by atoms with E-state index in [2.05, 4.69) is 24.4 Å². The van der Waals surface area contributed by atoms with Crippen LogP contribution in [-0.2, 0) is 6.54 Å². The van der Waals surface area contributed by atoms with Gasteiger partial charge in [-0.3, -0.25) is 0 Å². The zero-order valence-corrected chi connectivity index (χ0v) is 13.0. The summed E-state index contributed by atoms with van der Waals surface area (Å²) < 4.78 is 0. The molecular formula is C19H23NO2. The molecule has 1 unspecified atom stereocenters. The standard InChI is InChI=1S/C19H23NO2/c1-2-3-13-18(20-14-15-9-5-4-6-10-15)16-11-7-8-12-17(16)19(21)22/h4-12,18,20H,2-3,13-14H2,1H3,(H,21,22). The SMILES string of the molecule is CCCCC(NCc1ccccc1)c1ccccc1C(=O)O. The average Bonchev–Trinajstić information content (AvgIpc) is 2.56. The first-order valence-electron chi connectivity index (χ1n) is 7.82. The number of carbonyl (C=O) groups is 1. The molecule has 0 aliphatic carbocycles. The van der Waals surface area contributed by atoms with E-state index in [0.29, 0.717) is 5.56 Å². The third kappa shape index (κ3) is 4.43. The van der Waals surface area contributed by atoms with Crippen molar-refractivity contribution in [2.45, 2.75) is 38.8 Å². The van der Waals surface area contributed by atoms with Crippen molar-refractivity contribution in [2.75, 3.05) is 0 Å². The number of aromatic carboxylic acids is 1. The van der Waals surface area contributed by atoms with Gasteiger partial charge < -0.3 is 10.4 Å². The Bertz CT molecular complexity index is 595. The third-order valence-corrected chi connectivity index (χ3v) is 3.81. The molecule has 0 aliphatic rings. The van der Waals surface area contributed by atoms with Gasteiger partial charge in [0, 0.05) is 12.6 Å². The monoisotopic (exact) mass is 297 g/mol. The van der Waals surface area contributed by atoms with Crippen molar-refractivity contribution in [1.82, 2.24) is 5.32 Å². The maximum Gasteiger partial charge on any atom is 0.336 e. The Morgan fingerprint density at radius 3 is 2.45 bits per heavy atom. The van der Waals surface area contributed by atoms with E-state index in [1.807, 2.05) is 30.3 Å². The molecule has 3 nitrogen and oxygen atoms in total. The van der Waals surface area contributed by atoms with Crippen LogP contribution in [0.3, 0.4) is 0 Å². The van der Waals surface area contributed by atoms with Gasteiger partial charge in [0.2, 0.25) is 0 Å². The fourth-order valence-electron chi connectivity index (χ4n) is 2.61. The Balaban J connectivity index is 2.17. The lowest BCUT2D eigenvalue weighted by Gasteiger charge is -2.21. The van der Waals surface area contributed by atoms with Crippen LogP contribution in [0.2, 0.25) is 0 Å². The summed E-state index contributed by atoms with van der Waals surface area (Å²) in [7, 11) is 0. The van der Waals surface area contributed by atoms with Gasteiger partial charge in [-0.15, -0.1) is 0 Å². The Morgan fingerprint density at radius 2 is 1.77 bits per heavy atom. The molecular weight excluding hydrogens is 274 g/mol. The second-order valence-corrected chi connectivity index (χ2v) is 5.45. The molecule has 116 valence electrons. The summed E-state index contributed by atoms with van der Waals surface area (Å²) in [6, 6.07) is 17.5. The van der Waals surface area contributed by atoms with Crippen LogP contribution >= 0.6 is 0 Å². The molecule has 0 heterocycles. The molecule has 22 heavy (non-hydrogen) atoms. The molecule has 2 aromatic rings. The van der Waals surface area contributed by atoms with Gasteiger partial charge in [0.1, 0.15) is 0 Å². The normalized spacial score (nSPS) is 12.0. The third-order valence-electron chi connectivity index (χ3n) is 3.81. The molecule has 0 aromatic heterocycles. The number of carboxylic acid groups (broad SMARTS) is 1. The maximum atomic E-state index is 11.4. The van der Waals surface area contributed by atoms with E-state index in [-0.39, 0.29) is 6.04 Å². The minimum absolute atomic E-state index is 0.0625. The Kier molecular flexibility index (Phi) is 6.16. The second kappa shape index (κ2) is 8.35. The van der Waals surface area contributed by atoms with Gasteiger partial charge in [-0.1, -0.05) is 68.3 Å². The molecule has 3 heteroatoms. The Labute approximate surface area is 132 Å². The van der Waals surface area contributed by atoms with E-state index >= 15 is 0 Å². The van der Waals surface area contributed by atoms with Gasteiger partial charge in [-0.2, -0.15) is 0 Å². The summed E-state index contributed by atoms with van der Waals surface area (Å²) in [6.45, 7) is 2.89. The van der Waals surface area contributed by atoms with Gasteiger partial charge in [0.05, 0.1) is 5.56 Å². The van der Waals surface area contributed by atoms with Crippen LogP contribution in [0, 0.1) is 0 Å². The first-order valence-corrected chi connectivity index (χ1v) is 7.82. The van der Waals surface area contributed by atoms with Crippen LogP contribution in [0.15, 0.2) is 54.6 Å². The van der Waals surface area contributed by atoms with Crippen LogP contribution in [0.4, 0.5) is 0 Å². The predicted molar refractivity (Wildman–Crippen MR) is 88.9 cm³/mol. The summed E-state index contributed by atoms with van der Waals surface area (Å²) in [5.74, 6) is -0.862. The Morgan fingerprint density at radius 1 is 1.09 bits per heavy atom. The summed E-state index contributed by atoms with van der Waals surface area (Å²) >= 11 is 0. The number of benzene rings is 2. The van der Waals surface area contributed by atoms with Crippen molar-refractivity contribution in [3.63, 3.8) is 0 Å². The van der Waals surface area contributed by atoms with E-state index in [9.17, 15) is 9.90 Å². The van der Waals surface area contributed by atoms with E-state index in [1.54, 1.807) is 12.1 Å².